The lowest BCUT2D eigenvalue weighted by Crippen LogP contribution is -2.60. The molecule has 0 amide bonds. The Morgan fingerprint density at radius 2 is 1.85 bits per heavy atom. The molecule has 1 aliphatic carbocycles. The Balaban J connectivity index is 0.00000306. The van der Waals surface area contributed by atoms with E-state index >= 15 is 0 Å². The lowest BCUT2D eigenvalue weighted by atomic mass is 9.80. The highest BCUT2D eigenvalue weighted by molar-refractivity contribution is 14.0. The summed E-state index contributed by atoms with van der Waals surface area (Å²) in [6, 6.07) is 10.5. The molecule has 2 N–H and O–H groups in total. The van der Waals surface area contributed by atoms with Gasteiger partial charge in [-0.2, -0.15) is 0 Å². The fraction of sp³-hybridized carbons (Fsp3) is 0.600. The van der Waals surface area contributed by atoms with Crippen LogP contribution in [0.15, 0.2) is 47.7 Å². The molecule has 1 aliphatic heterocycles. The van der Waals surface area contributed by atoms with Gasteiger partial charge in [-0.15, -0.1) is 24.0 Å². The van der Waals surface area contributed by atoms with E-state index in [1.807, 2.05) is 18.5 Å². The summed E-state index contributed by atoms with van der Waals surface area (Å²) in [5, 5.41) is 7.11. The topological polar surface area (TPSA) is 66.7 Å². The zero-order valence-corrected chi connectivity index (χ0v) is 22.2. The van der Waals surface area contributed by atoms with Crippen LogP contribution in [0.2, 0.25) is 0 Å². The van der Waals surface area contributed by atoms with E-state index in [4.69, 9.17) is 9.73 Å². The molecule has 0 bridgehead atoms. The number of guanidine groups is 1. The first kappa shape index (κ1) is 26.0. The number of hydrogen-bond acceptors (Lipinski definition) is 4. The van der Waals surface area contributed by atoms with E-state index in [1.165, 1.54) is 37.7 Å². The molecule has 1 aromatic carbocycles. The van der Waals surface area contributed by atoms with Crippen molar-refractivity contribution in [1.29, 1.82) is 0 Å². The Morgan fingerprint density at radius 1 is 1.09 bits per heavy atom. The number of nitrogens with zero attached hydrogens (tertiary/aromatic N) is 4. The standard InChI is InChI=1S/C25H38N6O.HI/c1-2-26-24(28-19-23-27-13-14-30(23)20-22-9-5-3-6-10-22)29-21-25(11-7-4-8-12-25)31-15-17-32-18-16-31;/h3,5-6,9-10,13-14H,2,4,7-8,11-12,15-21H2,1H3,(H2,26,28,29);1H. The second-order valence-corrected chi connectivity index (χ2v) is 8.89. The Hall–Kier alpha value is -1.65. The number of halogens is 1. The summed E-state index contributed by atoms with van der Waals surface area (Å²) in [6.45, 7) is 9.02. The maximum Gasteiger partial charge on any atom is 0.191 e. The molecule has 0 atom stereocenters. The van der Waals surface area contributed by atoms with Crippen LogP contribution in [0, 0.1) is 0 Å². The zero-order valence-electron chi connectivity index (χ0n) is 19.8. The smallest absolute Gasteiger partial charge is 0.191 e. The van der Waals surface area contributed by atoms with Crippen LogP contribution < -0.4 is 10.6 Å². The number of imidazole rings is 1. The molecule has 7 nitrogen and oxygen atoms in total. The van der Waals surface area contributed by atoms with Crippen LogP contribution in [-0.4, -0.2) is 65.3 Å². The number of ether oxygens (including phenoxy) is 1. The second kappa shape index (κ2) is 13.3. The molecule has 4 rings (SSSR count). The van der Waals surface area contributed by atoms with Gasteiger partial charge in [0.2, 0.25) is 0 Å². The highest BCUT2D eigenvalue weighted by Gasteiger charge is 2.38. The number of morpholine rings is 1. The van der Waals surface area contributed by atoms with Crippen molar-refractivity contribution < 1.29 is 4.74 Å². The highest BCUT2D eigenvalue weighted by Crippen LogP contribution is 2.33. The molecular weight excluding hydrogens is 527 g/mol. The molecule has 33 heavy (non-hydrogen) atoms. The van der Waals surface area contributed by atoms with Crippen LogP contribution >= 0.6 is 24.0 Å². The molecule has 1 saturated carbocycles. The third-order valence-corrected chi connectivity index (χ3v) is 6.77. The molecule has 182 valence electrons. The van der Waals surface area contributed by atoms with E-state index in [-0.39, 0.29) is 29.5 Å². The van der Waals surface area contributed by atoms with Crippen molar-refractivity contribution in [3.63, 3.8) is 0 Å². The molecule has 0 radical (unpaired) electrons. The summed E-state index contributed by atoms with van der Waals surface area (Å²) in [5.74, 6) is 1.85. The Morgan fingerprint density at radius 3 is 2.58 bits per heavy atom. The predicted molar refractivity (Wildman–Crippen MR) is 144 cm³/mol. The van der Waals surface area contributed by atoms with Crippen molar-refractivity contribution in [1.82, 2.24) is 25.1 Å². The minimum Gasteiger partial charge on any atom is -0.379 e. The van der Waals surface area contributed by atoms with Crippen LogP contribution in [0.25, 0.3) is 0 Å². The van der Waals surface area contributed by atoms with Gasteiger partial charge in [0.15, 0.2) is 5.96 Å². The molecule has 1 aromatic heterocycles. The summed E-state index contributed by atoms with van der Waals surface area (Å²) < 4.78 is 7.81. The van der Waals surface area contributed by atoms with Gasteiger partial charge in [0.1, 0.15) is 12.4 Å². The van der Waals surface area contributed by atoms with Gasteiger partial charge in [0.25, 0.3) is 0 Å². The Labute approximate surface area is 215 Å². The fourth-order valence-corrected chi connectivity index (χ4v) is 5.01. The molecule has 2 fully saturated rings. The monoisotopic (exact) mass is 566 g/mol. The molecule has 2 heterocycles. The van der Waals surface area contributed by atoms with Crippen LogP contribution in [-0.2, 0) is 17.8 Å². The van der Waals surface area contributed by atoms with Gasteiger partial charge in [-0.1, -0.05) is 49.6 Å². The Kier molecular flexibility index (Phi) is 10.5. The summed E-state index contributed by atoms with van der Waals surface area (Å²) in [6.07, 6.45) is 10.4. The fourth-order valence-electron chi connectivity index (χ4n) is 5.01. The van der Waals surface area contributed by atoms with Gasteiger partial charge in [-0.05, 0) is 25.3 Å². The van der Waals surface area contributed by atoms with Gasteiger partial charge in [0, 0.05) is 50.7 Å². The van der Waals surface area contributed by atoms with Crippen LogP contribution in [0.5, 0.6) is 0 Å². The normalized spacial score (nSPS) is 19.0. The van der Waals surface area contributed by atoms with Crippen LogP contribution in [0.4, 0.5) is 0 Å². The van der Waals surface area contributed by atoms with E-state index < -0.39 is 0 Å². The predicted octanol–water partition coefficient (Wildman–Crippen LogP) is 3.64. The third kappa shape index (κ3) is 7.16. The molecule has 0 unspecified atom stereocenters. The number of aliphatic imine (C=N–C) groups is 1. The highest BCUT2D eigenvalue weighted by atomic mass is 127. The van der Waals surface area contributed by atoms with Crippen LogP contribution in [0.1, 0.15) is 50.4 Å². The van der Waals surface area contributed by atoms with Gasteiger partial charge >= 0.3 is 0 Å². The van der Waals surface area contributed by atoms with Crippen molar-refractivity contribution in [3.05, 3.63) is 54.1 Å². The average molecular weight is 567 g/mol. The number of aromatic nitrogens is 2. The van der Waals surface area contributed by atoms with Crippen molar-refractivity contribution in [2.75, 3.05) is 39.4 Å². The first-order valence-corrected chi connectivity index (χ1v) is 12.2. The van der Waals surface area contributed by atoms with Crippen molar-refractivity contribution in [3.8, 4) is 0 Å². The van der Waals surface area contributed by atoms with E-state index in [2.05, 4.69) is 56.3 Å². The minimum absolute atomic E-state index is 0. The number of benzene rings is 1. The third-order valence-electron chi connectivity index (χ3n) is 6.77. The largest absolute Gasteiger partial charge is 0.379 e. The number of nitrogens with one attached hydrogen (secondary N) is 2. The second-order valence-electron chi connectivity index (χ2n) is 8.89. The van der Waals surface area contributed by atoms with E-state index in [0.717, 1.165) is 57.7 Å². The van der Waals surface area contributed by atoms with Gasteiger partial charge in [-0.3, -0.25) is 4.90 Å². The Bertz CT molecular complexity index is 844. The maximum absolute atomic E-state index is 5.63. The van der Waals surface area contributed by atoms with Crippen molar-refractivity contribution >= 4 is 29.9 Å². The van der Waals surface area contributed by atoms with Crippen molar-refractivity contribution in [2.45, 2.75) is 57.7 Å². The lowest BCUT2D eigenvalue weighted by molar-refractivity contribution is -0.0352. The zero-order chi connectivity index (χ0) is 22.1. The van der Waals surface area contributed by atoms with E-state index in [1.54, 1.807) is 0 Å². The summed E-state index contributed by atoms with van der Waals surface area (Å²) >= 11 is 0. The van der Waals surface area contributed by atoms with Crippen LogP contribution in [0.3, 0.4) is 0 Å². The quantitative estimate of drug-likeness (QED) is 0.290. The molecule has 2 aliphatic rings. The molecule has 0 spiro atoms. The number of rotatable bonds is 8. The van der Waals surface area contributed by atoms with Gasteiger partial charge in [-0.25, -0.2) is 9.98 Å². The molecular formula is C25H39IN6O. The van der Waals surface area contributed by atoms with Crippen molar-refractivity contribution in [2.24, 2.45) is 4.99 Å². The molecule has 2 aromatic rings. The first-order chi connectivity index (χ1) is 15.8. The SMILES string of the molecule is CCNC(=NCc1nccn1Cc1ccccc1)NCC1(N2CCOCC2)CCCCC1.I. The summed E-state index contributed by atoms with van der Waals surface area (Å²) in [5.41, 5.74) is 1.48. The maximum atomic E-state index is 5.63. The number of hydrogen-bond donors (Lipinski definition) is 2. The molecule has 1 saturated heterocycles. The molecule has 8 heteroatoms. The first-order valence-electron chi connectivity index (χ1n) is 12.2. The lowest BCUT2D eigenvalue weighted by Gasteiger charge is -2.48. The minimum atomic E-state index is 0. The van der Waals surface area contributed by atoms with E-state index in [0.29, 0.717) is 6.54 Å². The van der Waals surface area contributed by atoms with E-state index in [9.17, 15) is 0 Å². The van der Waals surface area contributed by atoms with Gasteiger partial charge in [0.05, 0.1) is 13.2 Å². The summed E-state index contributed by atoms with van der Waals surface area (Å²) in [7, 11) is 0. The average Bonchev–Trinajstić information content (AvgIpc) is 3.29. The summed E-state index contributed by atoms with van der Waals surface area (Å²) in [4.78, 5) is 12.1. The van der Waals surface area contributed by atoms with Gasteiger partial charge < -0.3 is 19.9 Å².